The van der Waals surface area contributed by atoms with Crippen LogP contribution in [0.15, 0.2) is 83.4 Å². The van der Waals surface area contributed by atoms with Crippen LogP contribution in [0.5, 0.6) is 0 Å². The summed E-state index contributed by atoms with van der Waals surface area (Å²) in [5.41, 5.74) is 4.23. The van der Waals surface area contributed by atoms with E-state index in [1.54, 1.807) is 30.3 Å². The molecule has 0 saturated carbocycles. The summed E-state index contributed by atoms with van der Waals surface area (Å²) in [6, 6.07) is 20.7. The van der Waals surface area contributed by atoms with Crippen molar-refractivity contribution in [3.63, 3.8) is 0 Å². The molecule has 33 heavy (non-hydrogen) atoms. The van der Waals surface area contributed by atoms with E-state index in [9.17, 15) is 9.59 Å². The van der Waals surface area contributed by atoms with E-state index in [1.165, 1.54) is 5.56 Å². The molecule has 0 spiro atoms. The monoisotopic (exact) mass is 521 g/mol. The highest BCUT2D eigenvalue weighted by molar-refractivity contribution is 9.10. The molecule has 6 heteroatoms. The van der Waals surface area contributed by atoms with Gasteiger partial charge < -0.3 is 10.1 Å². The third-order valence-electron chi connectivity index (χ3n) is 6.33. The Hall–Kier alpha value is -2.89. The lowest BCUT2D eigenvalue weighted by Crippen LogP contribution is -2.29. The Balaban J connectivity index is 1.33. The Labute approximate surface area is 205 Å². The van der Waals surface area contributed by atoms with Gasteiger partial charge in [0.25, 0.3) is 0 Å². The average molecular weight is 523 g/mol. The lowest BCUT2D eigenvalue weighted by Gasteiger charge is -2.37. The van der Waals surface area contributed by atoms with Crippen LogP contribution in [0.4, 0.5) is 5.69 Å². The van der Waals surface area contributed by atoms with Crippen LogP contribution in [-0.2, 0) is 4.74 Å². The molecular formula is C27H21BrClNO3. The average Bonchev–Trinajstić information content (AvgIpc) is 3.33. The quantitative estimate of drug-likeness (QED) is 0.223. The van der Waals surface area contributed by atoms with Crippen molar-refractivity contribution >= 4 is 45.0 Å². The number of carbonyl (C=O) groups is 2. The summed E-state index contributed by atoms with van der Waals surface area (Å²) in [6.07, 6.45) is 5.39. The number of rotatable bonds is 5. The Kier molecular flexibility index (Phi) is 6.09. The third-order valence-corrected chi connectivity index (χ3v) is 7.11. The Morgan fingerprint density at radius 2 is 1.73 bits per heavy atom. The maximum absolute atomic E-state index is 12.7. The zero-order valence-corrected chi connectivity index (χ0v) is 20.0. The first-order valence-electron chi connectivity index (χ1n) is 10.8. The molecule has 3 aromatic rings. The fraction of sp³-hybridized carbons (Fsp3) is 0.185. The number of Topliss-reactive ketones (excluding diaryl/α,β-unsaturated/α-hetero) is 1. The van der Waals surface area contributed by atoms with E-state index in [0.717, 1.165) is 27.2 Å². The first-order chi connectivity index (χ1) is 16.0. The maximum atomic E-state index is 12.7. The highest BCUT2D eigenvalue weighted by atomic mass is 79.9. The van der Waals surface area contributed by atoms with Gasteiger partial charge in [-0.2, -0.15) is 0 Å². The molecule has 3 unspecified atom stereocenters. The molecular weight excluding hydrogens is 502 g/mol. The topological polar surface area (TPSA) is 55.4 Å². The minimum Gasteiger partial charge on any atom is -0.454 e. The van der Waals surface area contributed by atoms with Crippen LogP contribution in [0.3, 0.4) is 0 Å². The van der Waals surface area contributed by atoms with Crippen LogP contribution in [0.2, 0.25) is 5.02 Å². The fourth-order valence-corrected chi connectivity index (χ4v) is 5.05. The second kappa shape index (κ2) is 9.16. The molecule has 1 aliphatic carbocycles. The number of fused-ring (bicyclic) bond motifs is 3. The van der Waals surface area contributed by atoms with Crippen LogP contribution >= 0.6 is 27.5 Å². The van der Waals surface area contributed by atoms with Crippen LogP contribution < -0.4 is 5.32 Å². The van der Waals surface area contributed by atoms with Gasteiger partial charge in [0.05, 0.1) is 11.6 Å². The number of ether oxygens (including phenoxy) is 1. The van der Waals surface area contributed by atoms with Crippen molar-refractivity contribution in [1.82, 2.24) is 0 Å². The number of carbonyl (C=O) groups excluding carboxylic acids is 2. The third kappa shape index (κ3) is 4.48. The van der Waals surface area contributed by atoms with Gasteiger partial charge in [-0.3, -0.25) is 4.79 Å². The Bertz CT molecular complexity index is 1240. The Morgan fingerprint density at radius 3 is 2.48 bits per heavy atom. The molecule has 2 aliphatic rings. The molecule has 1 aliphatic heterocycles. The van der Waals surface area contributed by atoms with Crippen LogP contribution in [-0.4, -0.2) is 18.4 Å². The molecule has 3 atom stereocenters. The molecule has 0 bridgehead atoms. The van der Waals surface area contributed by atoms with E-state index in [4.69, 9.17) is 16.3 Å². The number of hydrogen-bond donors (Lipinski definition) is 1. The summed E-state index contributed by atoms with van der Waals surface area (Å²) < 4.78 is 6.21. The van der Waals surface area contributed by atoms with Crippen LogP contribution in [0.1, 0.15) is 50.2 Å². The summed E-state index contributed by atoms with van der Waals surface area (Å²) in [6.45, 7) is -0.291. The number of esters is 1. The van der Waals surface area contributed by atoms with E-state index in [1.807, 2.05) is 24.3 Å². The van der Waals surface area contributed by atoms with Crippen molar-refractivity contribution in [2.45, 2.75) is 18.4 Å². The van der Waals surface area contributed by atoms with Gasteiger partial charge in [0.15, 0.2) is 12.4 Å². The first-order valence-corrected chi connectivity index (χ1v) is 12.0. The lowest BCUT2D eigenvalue weighted by atomic mass is 9.76. The fourth-order valence-electron chi connectivity index (χ4n) is 4.66. The minimum absolute atomic E-state index is 0.163. The van der Waals surface area contributed by atoms with Gasteiger partial charge in [0.1, 0.15) is 0 Å². The molecule has 0 fully saturated rings. The van der Waals surface area contributed by atoms with Gasteiger partial charge in [-0.15, -0.1) is 0 Å². The summed E-state index contributed by atoms with van der Waals surface area (Å²) in [5, 5.41) is 4.37. The molecule has 1 N–H and O–H groups in total. The van der Waals surface area contributed by atoms with Crippen molar-refractivity contribution in [1.29, 1.82) is 0 Å². The van der Waals surface area contributed by atoms with Gasteiger partial charge in [-0.05, 0) is 65.9 Å². The standard InChI is InChI=1S/C27H21BrClNO3/c28-19-9-4-16(5-10-19)25(31)15-33-27(32)18-8-13-24-23(14-18)21-2-1-3-22(21)26(30-24)17-6-11-20(29)12-7-17/h1-2,4-14,21-22,26,30H,3,15H2. The number of ketones is 1. The summed E-state index contributed by atoms with van der Waals surface area (Å²) in [7, 11) is 0. The summed E-state index contributed by atoms with van der Waals surface area (Å²) in [4.78, 5) is 25.0. The highest BCUT2D eigenvalue weighted by Crippen LogP contribution is 2.50. The van der Waals surface area contributed by atoms with E-state index in [2.05, 4.69) is 45.5 Å². The predicted octanol–water partition coefficient (Wildman–Crippen LogP) is 6.97. The van der Waals surface area contributed by atoms with Crippen molar-refractivity contribution in [3.8, 4) is 0 Å². The largest absolute Gasteiger partial charge is 0.454 e. The molecule has 0 amide bonds. The normalized spacial score (nSPS) is 20.5. The smallest absolute Gasteiger partial charge is 0.338 e. The first kappa shape index (κ1) is 21.9. The van der Waals surface area contributed by atoms with Crippen molar-refractivity contribution in [3.05, 3.63) is 111 Å². The van der Waals surface area contributed by atoms with Gasteiger partial charge in [0.2, 0.25) is 0 Å². The van der Waals surface area contributed by atoms with E-state index < -0.39 is 5.97 Å². The van der Waals surface area contributed by atoms with Gasteiger partial charge in [0, 0.05) is 26.7 Å². The molecule has 4 nitrogen and oxygen atoms in total. The molecule has 1 heterocycles. The number of anilines is 1. The number of nitrogens with one attached hydrogen (secondary N) is 1. The second-order valence-electron chi connectivity index (χ2n) is 8.34. The summed E-state index contributed by atoms with van der Waals surface area (Å²) >= 11 is 9.42. The van der Waals surface area contributed by atoms with Crippen molar-refractivity contribution in [2.75, 3.05) is 11.9 Å². The van der Waals surface area contributed by atoms with Crippen LogP contribution in [0.25, 0.3) is 0 Å². The SMILES string of the molecule is O=C(COC(=O)c1ccc2c(c1)C1C=CCC1C(c1ccc(Cl)cc1)N2)c1ccc(Br)cc1. The van der Waals surface area contributed by atoms with Crippen LogP contribution in [0, 0.1) is 5.92 Å². The van der Waals surface area contributed by atoms with E-state index >= 15 is 0 Å². The molecule has 0 saturated heterocycles. The molecule has 166 valence electrons. The lowest BCUT2D eigenvalue weighted by molar-refractivity contribution is 0.0474. The number of benzene rings is 3. The maximum Gasteiger partial charge on any atom is 0.338 e. The zero-order valence-electron chi connectivity index (χ0n) is 17.6. The molecule has 0 radical (unpaired) electrons. The minimum atomic E-state index is -0.499. The van der Waals surface area contributed by atoms with Crippen molar-refractivity contribution in [2.24, 2.45) is 5.92 Å². The molecule has 5 rings (SSSR count). The zero-order chi connectivity index (χ0) is 22.9. The number of hydrogen-bond acceptors (Lipinski definition) is 4. The van der Waals surface area contributed by atoms with Gasteiger partial charge >= 0.3 is 5.97 Å². The number of allylic oxidation sites excluding steroid dienone is 2. The van der Waals surface area contributed by atoms with E-state index in [0.29, 0.717) is 17.0 Å². The predicted molar refractivity (Wildman–Crippen MR) is 133 cm³/mol. The van der Waals surface area contributed by atoms with Crippen molar-refractivity contribution < 1.29 is 14.3 Å². The molecule has 3 aromatic carbocycles. The Morgan fingerprint density at radius 1 is 1.00 bits per heavy atom. The van der Waals surface area contributed by atoms with Gasteiger partial charge in [-0.1, -0.05) is 63.9 Å². The molecule has 0 aromatic heterocycles. The highest BCUT2D eigenvalue weighted by Gasteiger charge is 2.38. The van der Waals surface area contributed by atoms with E-state index in [-0.39, 0.29) is 24.3 Å². The van der Waals surface area contributed by atoms with Gasteiger partial charge in [-0.25, -0.2) is 4.79 Å². The number of halogens is 2. The second-order valence-corrected chi connectivity index (χ2v) is 9.69. The summed E-state index contributed by atoms with van der Waals surface area (Å²) in [5.74, 6) is -0.176.